The van der Waals surface area contributed by atoms with Crippen LogP contribution in [0.5, 0.6) is 0 Å². The fourth-order valence-electron chi connectivity index (χ4n) is 3.91. The van der Waals surface area contributed by atoms with Crippen molar-refractivity contribution < 1.29 is 9.18 Å². The van der Waals surface area contributed by atoms with Gasteiger partial charge in [-0.2, -0.15) is 0 Å². The van der Waals surface area contributed by atoms with E-state index in [4.69, 9.17) is 5.73 Å². The van der Waals surface area contributed by atoms with E-state index in [1.165, 1.54) is 17.7 Å². The number of hydrogen-bond donors (Lipinski definition) is 1. The van der Waals surface area contributed by atoms with Crippen LogP contribution in [-0.4, -0.2) is 23.4 Å². The Bertz CT molecular complexity index is 752. The van der Waals surface area contributed by atoms with Gasteiger partial charge in [-0.05, 0) is 48.1 Å². The van der Waals surface area contributed by atoms with Crippen molar-refractivity contribution in [2.75, 3.05) is 6.54 Å². The summed E-state index contributed by atoms with van der Waals surface area (Å²) in [5.41, 5.74) is 9.23. The summed E-state index contributed by atoms with van der Waals surface area (Å²) < 4.78 is 13.3. The Hall–Kier alpha value is -2.20. The molecule has 0 radical (unpaired) electrons. The molecule has 1 aliphatic carbocycles. The van der Waals surface area contributed by atoms with Gasteiger partial charge >= 0.3 is 0 Å². The number of carbonyl (C=O) groups is 1. The van der Waals surface area contributed by atoms with Crippen molar-refractivity contribution in [3.8, 4) is 0 Å². The predicted molar refractivity (Wildman–Crippen MR) is 90.8 cm³/mol. The van der Waals surface area contributed by atoms with Gasteiger partial charge < -0.3 is 10.6 Å². The van der Waals surface area contributed by atoms with Crippen LogP contribution in [-0.2, 0) is 11.2 Å². The molecule has 0 unspecified atom stereocenters. The Balaban J connectivity index is 1.73. The summed E-state index contributed by atoms with van der Waals surface area (Å²) in [7, 11) is 0. The van der Waals surface area contributed by atoms with E-state index in [0.717, 1.165) is 30.4 Å². The number of rotatable bonds is 2. The lowest BCUT2D eigenvalue weighted by atomic mass is 9.78. The number of benzene rings is 2. The minimum absolute atomic E-state index is 0.0354. The average Bonchev–Trinajstić information content (AvgIpc) is 2.58. The normalized spacial score (nSPS) is 25.8. The number of fused-ring (bicyclic) bond motifs is 1. The highest BCUT2D eigenvalue weighted by Gasteiger charge is 2.39. The molecule has 24 heavy (non-hydrogen) atoms. The van der Waals surface area contributed by atoms with Crippen molar-refractivity contribution in [3.63, 3.8) is 0 Å². The third-order valence-electron chi connectivity index (χ3n) is 5.28. The van der Waals surface area contributed by atoms with Crippen molar-refractivity contribution in [2.45, 2.75) is 31.3 Å². The lowest BCUT2D eigenvalue weighted by Gasteiger charge is -2.42. The van der Waals surface area contributed by atoms with E-state index in [0.29, 0.717) is 6.54 Å². The van der Waals surface area contributed by atoms with Gasteiger partial charge in [-0.25, -0.2) is 4.39 Å². The van der Waals surface area contributed by atoms with Gasteiger partial charge in [-0.3, -0.25) is 4.79 Å². The molecule has 0 saturated heterocycles. The smallest absolute Gasteiger partial charge is 0.226 e. The molecule has 2 aromatic rings. The predicted octanol–water partition coefficient (Wildman–Crippen LogP) is 3.04. The highest BCUT2D eigenvalue weighted by atomic mass is 19.1. The summed E-state index contributed by atoms with van der Waals surface area (Å²) in [4.78, 5) is 14.9. The first-order valence-corrected chi connectivity index (χ1v) is 8.53. The third kappa shape index (κ3) is 2.61. The van der Waals surface area contributed by atoms with Crippen molar-refractivity contribution in [3.05, 3.63) is 71.0 Å². The van der Waals surface area contributed by atoms with E-state index in [1.807, 2.05) is 17.0 Å². The van der Waals surface area contributed by atoms with Crippen LogP contribution >= 0.6 is 0 Å². The van der Waals surface area contributed by atoms with Gasteiger partial charge in [-0.15, -0.1) is 0 Å². The minimum Gasteiger partial charge on any atom is -0.331 e. The van der Waals surface area contributed by atoms with E-state index in [1.54, 1.807) is 12.1 Å². The van der Waals surface area contributed by atoms with Crippen LogP contribution in [0, 0.1) is 11.7 Å². The topological polar surface area (TPSA) is 46.3 Å². The van der Waals surface area contributed by atoms with Crippen molar-refractivity contribution in [1.82, 2.24) is 4.90 Å². The van der Waals surface area contributed by atoms with Crippen molar-refractivity contribution in [1.29, 1.82) is 0 Å². The molecule has 1 fully saturated rings. The summed E-state index contributed by atoms with van der Waals surface area (Å²) in [6.45, 7) is 0.698. The van der Waals surface area contributed by atoms with Crippen molar-refractivity contribution in [2.24, 2.45) is 11.7 Å². The molecule has 4 rings (SSSR count). The second kappa shape index (κ2) is 6.02. The first kappa shape index (κ1) is 15.3. The second-order valence-electron chi connectivity index (χ2n) is 6.86. The third-order valence-corrected chi connectivity index (χ3v) is 5.28. The van der Waals surface area contributed by atoms with Gasteiger partial charge in [0, 0.05) is 18.5 Å². The maximum Gasteiger partial charge on any atom is 0.226 e. The lowest BCUT2D eigenvalue weighted by Crippen LogP contribution is -2.49. The Morgan fingerprint density at radius 2 is 1.79 bits per heavy atom. The molecular weight excluding hydrogens is 303 g/mol. The standard InChI is InChI=1S/C20H21FN2O/c21-16-7-5-14(6-8-16)19-18-4-2-1-3-13(18)9-10-23(19)20(24)15-11-17(22)12-15/h1-8,15,17,19H,9-12,22H2/t15-,17+,19-/m0/s1. The Labute approximate surface area is 141 Å². The second-order valence-corrected chi connectivity index (χ2v) is 6.86. The van der Waals surface area contributed by atoms with Gasteiger partial charge in [0.25, 0.3) is 0 Å². The Morgan fingerprint density at radius 1 is 1.08 bits per heavy atom. The van der Waals surface area contributed by atoms with Crippen LogP contribution in [0.2, 0.25) is 0 Å². The van der Waals surface area contributed by atoms with E-state index < -0.39 is 0 Å². The van der Waals surface area contributed by atoms with Crippen LogP contribution in [0.1, 0.15) is 35.6 Å². The molecule has 3 nitrogen and oxygen atoms in total. The molecule has 4 heteroatoms. The maximum atomic E-state index is 13.3. The summed E-state index contributed by atoms with van der Waals surface area (Å²) in [5.74, 6) is -0.0422. The van der Waals surface area contributed by atoms with Crippen LogP contribution < -0.4 is 5.73 Å². The zero-order chi connectivity index (χ0) is 16.7. The number of halogens is 1. The van der Waals surface area contributed by atoms with Gasteiger partial charge in [0.15, 0.2) is 0 Å². The lowest BCUT2D eigenvalue weighted by molar-refractivity contribution is -0.140. The molecule has 0 spiro atoms. The molecule has 1 atom stereocenters. The zero-order valence-electron chi connectivity index (χ0n) is 13.5. The molecule has 0 aromatic heterocycles. The monoisotopic (exact) mass is 324 g/mol. The Morgan fingerprint density at radius 3 is 2.50 bits per heavy atom. The van der Waals surface area contributed by atoms with Gasteiger partial charge in [-0.1, -0.05) is 36.4 Å². The summed E-state index contributed by atoms with van der Waals surface area (Å²) >= 11 is 0. The fourth-order valence-corrected chi connectivity index (χ4v) is 3.91. The van der Waals surface area contributed by atoms with Gasteiger partial charge in [0.2, 0.25) is 5.91 Å². The molecule has 0 bridgehead atoms. The first-order valence-electron chi connectivity index (χ1n) is 8.53. The van der Waals surface area contributed by atoms with E-state index in [-0.39, 0.29) is 29.7 Å². The highest BCUT2D eigenvalue weighted by molar-refractivity contribution is 5.81. The van der Waals surface area contributed by atoms with Crippen LogP contribution in [0.4, 0.5) is 4.39 Å². The van der Waals surface area contributed by atoms with Crippen molar-refractivity contribution >= 4 is 5.91 Å². The molecule has 1 aliphatic heterocycles. The maximum absolute atomic E-state index is 13.3. The molecule has 2 aliphatic rings. The number of carbonyl (C=O) groups excluding carboxylic acids is 1. The SMILES string of the molecule is N[C@H]1C[C@@H](C(=O)N2CCc3ccccc3[C@@H]2c2ccc(F)cc2)C1. The molecule has 1 saturated carbocycles. The van der Waals surface area contributed by atoms with Crippen LogP contribution in [0.15, 0.2) is 48.5 Å². The molecular formula is C20H21FN2O. The molecule has 2 N–H and O–H groups in total. The Kier molecular flexibility index (Phi) is 3.85. The molecule has 2 aromatic carbocycles. The fraction of sp³-hybridized carbons (Fsp3) is 0.350. The molecule has 1 amide bonds. The number of nitrogens with two attached hydrogens (primary N) is 1. The summed E-state index contributed by atoms with van der Waals surface area (Å²) in [5, 5.41) is 0. The summed E-state index contributed by atoms with van der Waals surface area (Å²) in [6, 6.07) is 14.8. The van der Waals surface area contributed by atoms with E-state index in [9.17, 15) is 9.18 Å². The van der Waals surface area contributed by atoms with E-state index >= 15 is 0 Å². The van der Waals surface area contributed by atoms with Crippen LogP contribution in [0.25, 0.3) is 0 Å². The molecule has 1 heterocycles. The van der Waals surface area contributed by atoms with Crippen LogP contribution in [0.3, 0.4) is 0 Å². The quantitative estimate of drug-likeness (QED) is 0.923. The highest BCUT2D eigenvalue weighted by Crippen LogP contribution is 2.38. The molecule has 124 valence electrons. The van der Waals surface area contributed by atoms with E-state index in [2.05, 4.69) is 12.1 Å². The zero-order valence-corrected chi connectivity index (χ0v) is 13.5. The number of amides is 1. The number of hydrogen-bond acceptors (Lipinski definition) is 2. The largest absolute Gasteiger partial charge is 0.331 e. The minimum atomic E-state index is -0.259. The average molecular weight is 324 g/mol. The summed E-state index contributed by atoms with van der Waals surface area (Å²) in [6.07, 6.45) is 2.40. The van der Waals surface area contributed by atoms with Gasteiger partial charge in [0.05, 0.1) is 6.04 Å². The van der Waals surface area contributed by atoms with Gasteiger partial charge in [0.1, 0.15) is 5.82 Å². The number of nitrogens with zero attached hydrogens (tertiary/aromatic N) is 1. The first-order chi connectivity index (χ1) is 11.6.